The van der Waals surface area contributed by atoms with Gasteiger partial charge in [-0.1, -0.05) is 0 Å². The van der Waals surface area contributed by atoms with Crippen LogP contribution in [0.5, 0.6) is 0 Å². The van der Waals surface area contributed by atoms with E-state index in [4.69, 9.17) is 0 Å². The average Bonchev–Trinajstić information content (AvgIpc) is 3.11. The molecule has 4 heterocycles. The molecule has 0 bridgehead atoms. The number of aromatic nitrogens is 3. The Kier molecular flexibility index (Phi) is 5.31. The first-order valence-corrected chi connectivity index (χ1v) is 10.9. The third kappa shape index (κ3) is 3.60. The van der Waals surface area contributed by atoms with E-state index < -0.39 is 28.8 Å². The second-order valence-electron chi connectivity index (χ2n) is 8.87. The number of hydrogen-bond acceptors (Lipinski definition) is 5. The van der Waals surface area contributed by atoms with Gasteiger partial charge in [0.25, 0.3) is 0 Å². The topological polar surface area (TPSA) is 75.1 Å². The van der Waals surface area contributed by atoms with Gasteiger partial charge in [0, 0.05) is 18.7 Å². The average molecular weight is 474 g/mol. The van der Waals surface area contributed by atoms with Crippen molar-refractivity contribution in [2.75, 3.05) is 18.4 Å². The first-order valence-electron chi connectivity index (χ1n) is 10.9. The van der Waals surface area contributed by atoms with Crippen molar-refractivity contribution < 1.29 is 22.4 Å². The molecule has 0 saturated carbocycles. The van der Waals surface area contributed by atoms with Gasteiger partial charge in [-0.05, 0) is 51.1 Å². The molecule has 178 valence electrons. The molecule has 2 aromatic heterocycles. The minimum absolute atomic E-state index is 0.0113. The highest BCUT2D eigenvalue weighted by molar-refractivity contribution is 5.84. The number of imidazole rings is 1. The lowest BCUT2D eigenvalue weighted by Gasteiger charge is -2.45. The predicted octanol–water partition coefficient (Wildman–Crippen LogP) is 3.68. The molecule has 0 aliphatic carbocycles. The minimum Gasteiger partial charge on any atom is -0.327 e. The fraction of sp³-hybridized carbons (Fsp3) is 0.348. The largest absolute Gasteiger partial charge is 0.327 e. The van der Waals surface area contributed by atoms with Gasteiger partial charge in [0.15, 0.2) is 17.5 Å². The predicted molar refractivity (Wildman–Crippen MR) is 116 cm³/mol. The van der Waals surface area contributed by atoms with E-state index in [1.54, 1.807) is 9.47 Å². The van der Waals surface area contributed by atoms with Crippen LogP contribution in [0.25, 0.3) is 11.3 Å². The van der Waals surface area contributed by atoms with Gasteiger partial charge in [0.2, 0.25) is 5.91 Å². The molecule has 1 fully saturated rings. The van der Waals surface area contributed by atoms with Crippen molar-refractivity contribution in [2.45, 2.75) is 38.4 Å². The maximum absolute atomic E-state index is 14.1. The summed E-state index contributed by atoms with van der Waals surface area (Å²) < 4.78 is 57.0. The van der Waals surface area contributed by atoms with Gasteiger partial charge in [-0.2, -0.15) is 0 Å². The number of nitrogens with zero attached hydrogens (tertiary/aromatic N) is 4. The molecule has 3 aromatic rings. The van der Waals surface area contributed by atoms with E-state index in [2.05, 4.69) is 20.6 Å². The molecule has 34 heavy (non-hydrogen) atoms. The molecule has 2 aliphatic heterocycles. The third-order valence-corrected chi connectivity index (χ3v) is 6.36. The quantitative estimate of drug-likeness (QED) is 0.446. The monoisotopic (exact) mass is 474 g/mol. The van der Waals surface area contributed by atoms with Crippen LogP contribution in [-0.4, -0.2) is 44.5 Å². The molecule has 2 N–H and O–H groups in total. The number of benzene rings is 1. The number of amides is 1. The molecule has 1 amide bonds. The van der Waals surface area contributed by atoms with Crippen molar-refractivity contribution in [3.05, 3.63) is 59.6 Å². The zero-order valence-corrected chi connectivity index (χ0v) is 18.5. The molecular weight excluding hydrogens is 452 g/mol. The summed E-state index contributed by atoms with van der Waals surface area (Å²) in [6, 6.07) is 4.11. The van der Waals surface area contributed by atoms with E-state index in [0.717, 1.165) is 31.3 Å². The van der Waals surface area contributed by atoms with E-state index >= 15 is 0 Å². The summed E-state index contributed by atoms with van der Waals surface area (Å²) in [5, 5.41) is 6.17. The Morgan fingerprint density at radius 1 is 1.15 bits per heavy atom. The Morgan fingerprint density at radius 3 is 2.44 bits per heavy atom. The van der Waals surface area contributed by atoms with Crippen molar-refractivity contribution in [1.29, 1.82) is 0 Å². The Bertz CT molecular complexity index is 1250. The maximum Gasteiger partial charge on any atom is 0.240 e. The number of anilines is 2. The Labute approximate surface area is 192 Å². The van der Waals surface area contributed by atoms with Crippen LogP contribution in [0, 0.1) is 23.3 Å². The van der Waals surface area contributed by atoms with Crippen LogP contribution in [0.2, 0.25) is 0 Å². The first-order chi connectivity index (χ1) is 16.2. The molecule has 0 unspecified atom stereocenters. The molecule has 1 atom stereocenters. The van der Waals surface area contributed by atoms with Crippen LogP contribution < -0.4 is 10.6 Å². The number of hydrogen-bond donors (Lipinski definition) is 2. The van der Waals surface area contributed by atoms with Crippen LogP contribution in [0.1, 0.15) is 26.1 Å². The number of carbonyl (C=O) groups is 1. The second-order valence-corrected chi connectivity index (χ2v) is 8.87. The Morgan fingerprint density at radius 2 is 1.85 bits per heavy atom. The SMILES string of the molecule is CC1(C)c2nc(-c3cc(F)c(F)c(F)c3)c(Nc3ccc(F)cn3)n2CCN1C(=O)[C@@H]1CCN1. The van der Waals surface area contributed by atoms with Crippen molar-refractivity contribution in [1.82, 2.24) is 24.8 Å². The molecule has 1 saturated heterocycles. The highest BCUT2D eigenvalue weighted by Crippen LogP contribution is 2.40. The van der Waals surface area contributed by atoms with Gasteiger partial charge < -0.3 is 20.1 Å². The van der Waals surface area contributed by atoms with E-state index in [0.29, 0.717) is 24.7 Å². The van der Waals surface area contributed by atoms with Crippen LogP contribution >= 0.6 is 0 Å². The Hall–Kier alpha value is -3.47. The third-order valence-electron chi connectivity index (χ3n) is 6.36. The smallest absolute Gasteiger partial charge is 0.240 e. The minimum atomic E-state index is -1.58. The van der Waals surface area contributed by atoms with Gasteiger partial charge >= 0.3 is 0 Å². The van der Waals surface area contributed by atoms with E-state index in [1.807, 2.05) is 13.8 Å². The van der Waals surface area contributed by atoms with E-state index in [1.165, 1.54) is 12.1 Å². The molecule has 5 rings (SSSR count). The van der Waals surface area contributed by atoms with Gasteiger partial charge in [-0.3, -0.25) is 4.79 Å². The fourth-order valence-electron chi connectivity index (χ4n) is 4.40. The van der Waals surface area contributed by atoms with Gasteiger partial charge in [-0.15, -0.1) is 0 Å². The van der Waals surface area contributed by atoms with Crippen LogP contribution in [-0.2, 0) is 16.9 Å². The van der Waals surface area contributed by atoms with Gasteiger partial charge in [-0.25, -0.2) is 27.5 Å². The first kappa shape index (κ1) is 22.3. The summed E-state index contributed by atoms with van der Waals surface area (Å²) in [7, 11) is 0. The summed E-state index contributed by atoms with van der Waals surface area (Å²) in [4.78, 5) is 23.4. The standard InChI is InChI=1S/C23H22F4N6O/c1-23(2)22-31-19(12-9-14(25)18(27)15(26)10-12)20(30-17-4-3-13(24)11-29-17)32(22)7-8-33(23)21(34)16-5-6-28-16/h3-4,9-11,16,28H,5-8H2,1-2H3,(H,29,30)/t16-/m0/s1. The van der Waals surface area contributed by atoms with E-state index in [9.17, 15) is 22.4 Å². The molecule has 0 spiro atoms. The highest BCUT2D eigenvalue weighted by atomic mass is 19.2. The summed E-state index contributed by atoms with van der Waals surface area (Å²) in [5.41, 5.74) is -0.686. The summed E-state index contributed by atoms with van der Waals surface area (Å²) in [6.45, 7) is 5.20. The zero-order valence-electron chi connectivity index (χ0n) is 18.5. The number of fused-ring (bicyclic) bond motifs is 1. The number of rotatable bonds is 4. The fourth-order valence-corrected chi connectivity index (χ4v) is 4.40. The molecule has 2 aliphatic rings. The van der Waals surface area contributed by atoms with Crippen molar-refractivity contribution in [3.8, 4) is 11.3 Å². The second kappa shape index (κ2) is 8.08. The van der Waals surface area contributed by atoms with Gasteiger partial charge in [0.05, 0.1) is 17.8 Å². The summed E-state index contributed by atoms with van der Waals surface area (Å²) >= 11 is 0. The van der Waals surface area contributed by atoms with Crippen LogP contribution in [0.15, 0.2) is 30.5 Å². The van der Waals surface area contributed by atoms with Crippen LogP contribution in [0.4, 0.5) is 29.2 Å². The number of halogens is 4. The molecule has 7 nitrogen and oxygen atoms in total. The normalized spacial score (nSPS) is 18.9. The summed E-state index contributed by atoms with van der Waals surface area (Å²) in [5.74, 6) is -3.73. The number of nitrogens with one attached hydrogen (secondary N) is 2. The maximum atomic E-state index is 14.1. The lowest BCUT2D eigenvalue weighted by atomic mass is 9.95. The number of carbonyl (C=O) groups excluding carboxylic acids is 1. The zero-order chi connectivity index (χ0) is 24.2. The lowest BCUT2D eigenvalue weighted by Crippen LogP contribution is -2.60. The molecular formula is C23H22F4N6O. The molecule has 11 heteroatoms. The van der Waals surface area contributed by atoms with Crippen LogP contribution in [0.3, 0.4) is 0 Å². The Balaban J connectivity index is 1.63. The molecule has 1 aromatic carbocycles. The van der Waals surface area contributed by atoms with E-state index in [-0.39, 0.29) is 29.0 Å². The molecule has 0 radical (unpaired) electrons. The summed E-state index contributed by atoms with van der Waals surface area (Å²) in [6.07, 6.45) is 1.78. The van der Waals surface area contributed by atoms with Gasteiger partial charge in [0.1, 0.15) is 29.0 Å². The van der Waals surface area contributed by atoms with Crippen molar-refractivity contribution in [3.63, 3.8) is 0 Å². The lowest BCUT2D eigenvalue weighted by molar-refractivity contribution is -0.142. The van der Waals surface area contributed by atoms with Crippen molar-refractivity contribution in [2.24, 2.45) is 0 Å². The van der Waals surface area contributed by atoms with Crippen molar-refractivity contribution >= 4 is 17.5 Å². The number of pyridine rings is 1. The highest BCUT2D eigenvalue weighted by Gasteiger charge is 2.44.